The summed E-state index contributed by atoms with van der Waals surface area (Å²) < 4.78 is 7.03. The van der Waals surface area contributed by atoms with Gasteiger partial charge in [-0.25, -0.2) is 14.6 Å². The van der Waals surface area contributed by atoms with Crippen LogP contribution in [-0.2, 0) is 20.9 Å². The lowest BCUT2D eigenvalue weighted by atomic mass is 10.2. The van der Waals surface area contributed by atoms with Gasteiger partial charge in [-0.15, -0.1) is 0 Å². The molecule has 13 nitrogen and oxygen atoms in total. The molecule has 3 aromatic rings. The molecule has 2 amide bonds. The number of hydrogen-bond donors (Lipinski definition) is 3. The van der Waals surface area contributed by atoms with Crippen molar-refractivity contribution in [1.29, 1.82) is 0 Å². The zero-order valence-corrected chi connectivity index (χ0v) is 27.6. The van der Waals surface area contributed by atoms with Gasteiger partial charge < -0.3 is 30.5 Å². The Morgan fingerprint density at radius 2 is 2.07 bits per heavy atom. The van der Waals surface area contributed by atoms with E-state index >= 15 is 0 Å². The molecule has 1 aliphatic heterocycles. The summed E-state index contributed by atoms with van der Waals surface area (Å²) in [6.07, 6.45) is 10.6. The molecule has 0 bridgehead atoms. The number of unbranched alkanes of at least 4 members (excludes halogenated alkanes) is 1. The van der Waals surface area contributed by atoms with Crippen LogP contribution in [0.4, 0.5) is 17.5 Å². The maximum absolute atomic E-state index is 12.8. The molecule has 4 rings (SSSR count). The third-order valence-electron chi connectivity index (χ3n) is 7.44. The van der Waals surface area contributed by atoms with Crippen LogP contribution in [-0.4, -0.2) is 106 Å². The molecule has 46 heavy (non-hydrogen) atoms. The van der Waals surface area contributed by atoms with Gasteiger partial charge in [-0.1, -0.05) is 24.8 Å². The summed E-state index contributed by atoms with van der Waals surface area (Å²) >= 11 is 0. The van der Waals surface area contributed by atoms with E-state index in [9.17, 15) is 9.59 Å². The Labute approximate surface area is 271 Å². The second-order valence-corrected chi connectivity index (χ2v) is 11.5. The van der Waals surface area contributed by atoms with Gasteiger partial charge in [-0.3, -0.25) is 9.59 Å². The monoisotopic (exact) mass is 630 g/mol. The number of carbonyl (C=O) groups is 2. The zero-order valence-electron chi connectivity index (χ0n) is 27.6. The van der Waals surface area contributed by atoms with Crippen LogP contribution in [0, 0.1) is 18.8 Å². The second-order valence-electron chi connectivity index (χ2n) is 11.5. The molecular formula is C33H46N10O3. The number of likely N-dealkylation sites (tertiary alicyclic amines) is 1. The van der Waals surface area contributed by atoms with E-state index in [0.717, 1.165) is 41.8 Å². The van der Waals surface area contributed by atoms with Crippen molar-refractivity contribution in [2.24, 2.45) is 0 Å². The average Bonchev–Trinajstić information content (AvgIpc) is 3.66. The number of fused-ring (bicyclic) bond motifs is 1. The largest absolute Gasteiger partial charge is 0.383 e. The highest BCUT2D eigenvalue weighted by Gasteiger charge is 2.32. The van der Waals surface area contributed by atoms with Crippen molar-refractivity contribution in [3.63, 3.8) is 0 Å². The number of methoxy groups -OCH3 is 1. The normalized spacial score (nSPS) is 14.6. The smallest absolute Gasteiger partial charge is 0.246 e. The van der Waals surface area contributed by atoms with E-state index in [2.05, 4.69) is 54.8 Å². The van der Waals surface area contributed by atoms with Crippen molar-refractivity contribution in [2.75, 3.05) is 64.6 Å². The van der Waals surface area contributed by atoms with Crippen LogP contribution < -0.4 is 16.0 Å². The molecule has 0 radical (unpaired) electrons. The van der Waals surface area contributed by atoms with Crippen molar-refractivity contribution in [3.8, 4) is 11.8 Å². The van der Waals surface area contributed by atoms with Crippen LogP contribution in [0.2, 0.25) is 0 Å². The third kappa shape index (κ3) is 9.48. The molecule has 246 valence electrons. The lowest BCUT2D eigenvalue weighted by Crippen LogP contribution is -2.45. The summed E-state index contributed by atoms with van der Waals surface area (Å²) in [6.45, 7) is 7.76. The Morgan fingerprint density at radius 3 is 2.85 bits per heavy atom. The lowest BCUT2D eigenvalue weighted by Gasteiger charge is -2.22. The number of carbonyl (C=O) groups excluding carboxylic acids is 2. The van der Waals surface area contributed by atoms with E-state index in [1.54, 1.807) is 30.5 Å². The predicted octanol–water partition coefficient (Wildman–Crippen LogP) is 3.10. The van der Waals surface area contributed by atoms with E-state index < -0.39 is 6.04 Å². The van der Waals surface area contributed by atoms with Crippen LogP contribution in [0.15, 0.2) is 30.6 Å². The first kappa shape index (κ1) is 34.3. The van der Waals surface area contributed by atoms with Gasteiger partial charge in [0.05, 0.1) is 42.5 Å². The molecule has 1 saturated heterocycles. The summed E-state index contributed by atoms with van der Waals surface area (Å²) in [6, 6.07) is 1.58. The average molecular weight is 631 g/mol. The van der Waals surface area contributed by atoms with E-state index in [1.165, 1.54) is 0 Å². The van der Waals surface area contributed by atoms with Crippen molar-refractivity contribution in [2.45, 2.75) is 58.5 Å². The highest BCUT2D eigenvalue weighted by Crippen LogP contribution is 2.23. The summed E-state index contributed by atoms with van der Waals surface area (Å²) in [5, 5.41) is 15.1. The Kier molecular flexibility index (Phi) is 12.9. The Morgan fingerprint density at radius 1 is 1.22 bits per heavy atom. The summed E-state index contributed by atoms with van der Waals surface area (Å²) in [7, 11) is 5.55. The molecule has 13 heteroatoms. The van der Waals surface area contributed by atoms with Gasteiger partial charge in [0.25, 0.3) is 0 Å². The molecule has 0 spiro atoms. The predicted molar refractivity (Wildman–Crippen MR) is 180 cm³/mol. The van der Waals surface area contributed by atoms with Gasteiger partial charge >= 0.3 is 0 Å². The quantitative estimate of drug-likeness (QED) is 0.130. The fraction of sp³-hybridized carbons (Fsp3) is 0.515. The first-order valence-electron chi connectivity index (χ1n) is 15.9. The zero-order chi connectivity index (χ0) is 32.9. The molecule has 3 aromatic heterocycles. The highest BCUT2D eigenvalue weighted by atomic mass is 16.5. The van der Waals surface area contributed by atoms with Gasteiger partial charge in [0.1, 0.15) is 11.9 Å². The van der Waals surface area contributed by atoms with Crippen LogP contribution in [0.25, 0.3) is 11.0 Å². The minimum absolute atomic E-state index is 0.105. The van der Waals surface area contributed by atoms with Gasteiger partial charge in [-0.05, 0) is 52.8 Å². The Balaban J connectivity index is 1.31. The molecule has 0 unspecified atom stereocenters. The maximum Gasteiger partial charge on any atom is 0.246 e. The van der Waals surface area contributed by atoms with Crippen molar-refractivity contribution in [1.82, 2.24) is 39.8 Å². The minimum atomic E-state index is -0.417. The number of anilines is 3. The second kappa shape index (κ2) is 17.2. The third-order valence-corrected chi connectivity index (χ3v) is 7.44. The number of nitrogens with one attached hydrogen (secondary N) is 3. The lowest BCUT2D eigenvalue weighted by molar-refractivity contribution is -0.135. The standard InChI is InChI=1S/C33H46N10O3/c1-6-15-34-30-25(12-8-7-9-16-35-32(45)28-13-10-18-42(28)29(44)14-11-17-41(3)4)22-37-33(39-30)38-26-21-27-24(2)40-43(19-20-46-5)31(27)36-23-26/h11,14,21-23,28H,6-7,9-10,13,15-20H2,1-5H3,(H,35,45)(H2,34,37,38,39)/t28-/m0/s1. The van der Waals surface area contributed by atoms with E-state index in [4.69, 9.17) is 4.74 Å². The molecule has 1 fully saturated rings. The van der Waals surface area contributed by atoms with Crippen molar-refractivity contribution in [3.05, 3.63) is 41.9 Å². The molecule has 1 atom stereocenters. The van der Waals surface area contributed by atoms with Gasteiger partial charge in [0, 0.05) is 51.2 Å². The Bertz CT molecular complexity index is 1570. The van der Waals surface area contributed by atoms with Crippen molar-refractivity contribution >= 4 is 40.3 Å². The van der Waals surface area contributed by atoms with Crippen LogP contribution in [0.3, 0.4) is 0 Å². The van der Waals surface area contributed by atoms with Crippen LogP contribution in [0.1, 0.15) is 50.3 Å². The van der Waals surface area contributed by atoms with Crippen LogP contribution in [0.5, 0.6) is 0 Å². The number of hydrogen-bond acceptors (Lipinski definition) is 10. The number of likely N-dealkylation sites (N-methyl/N-ethyl adjacent to an activating group) is 1. The molecule has 0 aliphatic carbocycles. The molecule has 0 saturated carbocycles. The van der Waals surface area contributed by atoms with Gasteiger partial charge in [0.2, 0.25) is 17.8 Å². The van der Waals surface area contributed by atoms with E-state index in [0.29, 0.717) is 69.4 Å². The molecule has 1 aliphatic rings. The van der Waals surface area contributed by atoms with Crippen LogP contribution >= 0.6 is 0 Å². The fourth-order valence-corrected chi connectivity index (χ4v) is 5.08. The number of aryl methyl sites for hydroxylation is 1. The van der Waals surface area contributed by atoms with Gasteiger partial charge in [0.15, 0.2) is 5.65 Å². The number of pyridine rings is 1. The molecular weight excluding hydrogens is 584 g/mol. The number of rotatable bonds is 15. The molecule has 0 aromatic carbocycles. The fourth-order valence-electron chi connectivity index (χ4n) is 5.08. The van der Waals surface area contributed by atoms with E-state index in [-0.39, 0.29) is 11.8 Å². The number of amides is 2. The SMILES string of the molecule is CCCNc1nc(Nc2cnc3c(c2)c(C)nn3CCOC)ncc1C#CCCCNC(=O)[C@@H]1CCCN1C(=O)C=CCN(C)C. The van der Waals surface area contributed by atoms with E-state index in [1.807, 2.05) is 42.7 Å². The summed E-state index contributed by atoms with van der Waals surface area (Å²) in [4.78, 5) is 42.8. The molecule has 4 heterocycles. The minimum Gasteiger partial charge on any atom is -0.383 e. The topological polar surface area (TPSA) is 142 Å². The van der Waals surface area contributed by atoms with Gasteiger partial charge in [-0.2, -0.15) is 10.1 Å². The highest BCUT2D eigenvalue weighted by molar-refractivity contribution is 5.93. The Hall–Kier alpha value is -4.54. The first-order valence-corrected chi connectivity index (χ1v) is 15.9. The number of nitrogens with zero attached hydrogens (tertiary/aromatic N) is 7. The number of ether oxygens (including phenoxy) is 1. The first-order chi connectivity index (χ1) is 22.3. The van der Waals surface area contributed by atoms with Crippen molar-refractivity contribution < 1.29 is 14.3 Å². The molecule has 3 N–H and O–H groups in total. The summed E-state index contributed by atoms with van der Waals surface area (Å²) in [5.74, 6) is 7.24. The number of aromatic nitrogens is 5. The maximum atomic E-state index is 12.8. The summed E-state index contributed by atoms with van der Waals surface area (Å²) in [5.41, 5.74) is 3.15.